The number of nitrogens with zero attached hydrogens (tertiary/aromatic N) is 5. The van der Waals surface area contributed by atoms with Gasteiger partial charge in [-0.3, -0.25) is 9.78 Å². The van der Waals surface area contributed by atoms with Crippen LogP contribution in [0.4, 0.5) is 4.39 Å². The molecule has 5 rings (SSSR count). The number of carbonyl (C=O) groups is 1. The molecule has 1 amide bonds. The first-order valence-corrected chi connectivity index (χ1v) is 10.2. The van der Waals surface area contributed by atoms with Crippen molar-refractivity contribution in [2.24, 2.45) is 5.73 Å². The minimum absolute atomic E-state index is 0.165. The minimum Gasteiger partial charge on any atom is -0.366 e. The lowest BCUT2D eigenvalue weighted by Gasteiger charge is -2.07. The molecular weight excluding hydrogens is 415 g/mol. The van der Waals surface area contributed by atoms with E-state index in [1.807, 2.05) is 30.3 Å². The first-order chi connectivity index (χ1) is 15.1. The number of rotatable bonds is 5. The van der Waals surface area contributed by atoms with Gasteiger partial charge < -0.3 is 5.73 Å². The molecule has 0 spiro atoms. The van der Waals surface area contributed by atoms with Gasteiger partial charge in [0.15, 0.2) is 5.65 Å². The molecule has 0 saturated heterocycles. The second-order valence-electron chi connectivity index (χ2n) is 6.80. The van der Waals surface area contributed by atoms with Crippen LogP contribution in [0.3, 0.4) is 0 Å². The lowest BCUT2D eigenvalue weighted by molar-refractivity contribution is 0.0998. The van der Waals surface area contributed by atoms with E-state index in [2.05, 4.69) is 20.3 Å². The van der Waals surface area contributed by atoms with Crippen LogP contribution in [-0.2, 0) is 6.67 Å². The molecule has 3 heterocycles. The van der Waals surface area contributed by atoms with Crippen LogP contribution in [-0.4, -0.2) is 30.7 Å². The number of benzene rings is 2. The Bertz CT molecular complexity index is 1450. The maximum Gasteiger partial charge on any atom is 0.249 e. The average molecular weight is 430 g/mol. The quantitative estimate of drug-likeness (QED) is 0.451. The molecule has 7 nitrogen and oxygen atoms in total. The third kappa shape index (κ3) is 3.59. The summed E-state index contributed by atoms with van der Waals surface area (Å²) in [6.07, 6.45) is 1.76. The third-order valence-corrected chi connectivity index (χ3v) is 5.76. The van der Waals surface area contributed by atoms with Crippen molar-refractivity contribution in [2.45, 2.75) is 16.7 Å². The topological polar surface area (TPSA) is 99.1 Å². The van der Waals surface area contributed by atoms with E-state index in [0.29, 0.717) is 22.1 Å². The summed E-state index contributed by atoms with van der Waals surface area (Å²) in [4.78, 5) is 16.8. The first kappa shape index (κ1) is 19.1. The normalized spacial score (nSPS) is 11.3. The molecule has 0 saturated carbocycles. The Balaban J connectivity index is 1.53. The number of fused-ring (bicyclic) bond motifs is 2. The monoisotopic (exact) mass is 430 g/mol. The first-order valence-electron chi connectivity index (χ1n) is 9.36. The molecule has 0 aliphatic rings. The van der Waals surface area contributed by atoms with Crippen molar-refractivity contribution in [3.05, 3.63) is 78.0 Å². The van der Waals surface area contributed by atoms with Gasteiger partial charge in [0.1, 0.15) is 6.67 Å². The number of pyridine rings is 1. The second-order valence-corrected chi connectivity index (χ2v) is 7.84. The zero-order valence-corrected chi connectivity index (χ0v) is 16.9. The SMILES string of the molecule is NC(=O)c1ccc(-c2ccc3nnc(Sc4ccc5ncccc5c4)n3n2)cc1CF. The van der Waals surface area contributed by atoms with E-state index in [9.17, 15) is 9.18 Å². The maximum atomic E-state index is 13.4. The molecule has 2 aromatic carbocycles. The van der Waals surface area contributed by atoms with Gasteiger partial charge in [0, 0.05) is 27.6 Å². The molecule has 0 fully saturated rings. The van der Waals surface area contributed by atoms with E-state index in [1.165, 1.54) is 17.8 Å². The van der Waals surface area contributed by atoms with Gasteiger partial charge in [0.25, 0.3) is 0 Å². The Morgan fingerprint density at radius 1 is 1.06 bits per heavy atom. The molecule has 0 radical (unpaired) electrons. The molecule has 5 aromatic rings. The fourth-order valence-corrected chi connectivity index (χ4v) is 4.15. The van der Waals surface area contributed by atoms with Crippen molar-refractivity contribution in [1.82, 2.24) is 24.8 Å². The Morgan fingerprint density at radius 3 is 2.81 bits per heavy atom. The molecule has 0 atom stereocenters. The summed E-state index contributed by atoms with van der Waals surface area (Å²) in [5, 5.41) is 14.7. The van der Waals surface area contributed by atoms with E-state index in [4.69, 9.17) is 5.73 Å². The van der Waals surface area contributed by atoms with Gasteiger partial charge in [0.05, 0.1) is 11.2 Å². The number of amides is 1. The Morgan fingerprint density at radius 2 is 1.97 bits per heavy atom. The van der Waals surface area contributed by atoms with E-state index < -0.39 is 12.6 Å². The van der Waals surface area contributed by atoms with Gasteiger partial charge in [-0.1, -0.05) is 12.1 Å². The van der Waals surface area contributed by atoms with Gasteiger partial charge in [0.2, 0.25) is 11.1 Å². The maximum absolute atomic E-state index is 13.4. The number of aromatic nitrogens is 5. The molecule has 31 heavy (non-hydrogen) atoms. The van der Waals surface area contributed by atoms with Crippen molar-refractivity contribution in [3.63, 3.8) is 0 Å². The summed E-state index contributed by atoms with van der Waals surface area (Å²) in [6.45, 7) is -0.793. The average Bonchev–Trinajstić information content (AvgIpc) is 3.20. The summed E-state index contributed by atoms with van der Waals surface area (Å²) < 4.78 is 15.0. The van der Waals surface area contributed by atoms with Crippen LogP contribution >= 0.6 is 11.8 Å². The Labute approximate surface area is 180 Å². The molecule has 152 valence electrons. The van der Waals surface area contributed by atoms with E-state index in [0.717, 1.165) is 15.8 Å². The molecule has 9 heteroatoms. The highest BCUT2D eigenvalue weighted by Crippen LogP contribution is 2.29. The van der Waals surface area contributed by atoms with E-state index >= 15 is 0 Å². The van der Waals surface area contributed by atoms with Gasteiger partial charge in [-0.05, 0) is 65.9 Å². The predicted octanol–water partition coefficient (Wildman–Crippen LogP) is 4.06. The van der Waals surface area contributed by atoms with Crippen molar-refractivity contribution in [2.75, 3.05) is 0 Å². The molecule has 2 N–H and O–H groups in total. The fraction of sp³-hybridized carbons (Fsp3) is 0.0455. The van der Waals surface area contributed by atoms with Crippen LogP contribution in [0.15, 0.2) is 76.9 Å². The second kappa shape index (κ2) is 7.77. The summed E-state index contributed by atoms with van der Waals surface area (Å²) in [5.41, 5.74) is 8.49. The smallest absolute Gasteiger partial charge is 0.249 e. The number of primary amides is 1. The van der Waals surface area contributed by atoms with Crippen LogP contribution in [0, 0.1) is 0 Å². The number of nitrogens with two attached hydrogens (primary N) is 1. The molecule has 0 unspecified atom stereocenters. The van der Waals surface area contributed by atoms with Crippen LogP contribution in [0.2, 0.25) is 0 Å². The fourth-order valence-electron chi connectivity index (χ4n) is 3.31. The van der Waals surface area contributed by atoms with Gasteiger partial charge in [-0.2, -0.15) is 9.61 Å². The van der Waals surface area contributed by atoms with Crippen molar-refractivity contribution in [3.8, 4) is 11.3 Å². The number of hydrogen-bond donors (Lipinski definition) is 1. The van der Waals surface area contributed by atoms with Gasteiger partial charge in [-0.25, -0.2) is 4.39 Å². The number of hydrogen-bond acceptors (Lipinski definition) is 6. The van der Waals surface area contributed by atoms with Crippen LogP contribution < -0.4 is 5.73 Å². The van der Waals surface area contributed by atoms with Crippen LogP contribution in [0.5, 0.6) is 0 Å². The molecule has 0 aliphatic carbocycles. The molecule has 3 aromatic heterocycles. The molecule has 0 aliphatic heterocycles. The number of carbonyl (C=O) groups excluding carboxylic acids is 1. The largest absolute Gasteiger partial charge is 0.366 e. The predicted molar refractivity (Wildman–Crippen MR) is 115 cm³/mol. The molecule has 0 bridgehead atoms. The highest BCUT2D eigenvalue weighted by Gasteiger charge is 2.13. The van der Waals surface area contributed by atoms with Crippen molar-refractivity contribution >= 4 is 34.2 Å². The minimum atomic E-state index is -0.793. The zero-order valence-electron chi connectivity index (χ0n) is 16.1. The van der Waals surface area contributed by atoms with E-state index in [-0.39, 0.29) is 11.1 Å². The van der Waals surface area contributed by atoms with Crippen molar-refractivity contribution in [1.29, 1.82) is 0 Å². The van der Waals surface area contributed by atoms with Crippen molar-refractivity contribution < 1.29 is 9.18 Å². The van der Waals surface area contributed by atoms with Crippen LogP contribution in [0.1, 0.15) is 15.9 Å². The van der Waals surface area contributed by atoms with Crippen LogP contribution in [0.25, 0.3) is 27.8 Å². The van der Waals surface area contributed by atoms with Gasteiger partial charge in [-0.15, -0.1) is 10.2 Å². The Kier molecular flexibility index (Phi) is 4.79. The summed E-state index contributed by atoms with van der Waals surface area (Å²) in [6, 6.07) is 18.2. The summed E-state index contributed by atoms with van der Waals surface area (Å²) >= 11 is 1.43. The van der Waals surface area contributed by atoms with E-state index in [1.54, 1.807) is 35.0 Å². The molecular formula is C22H15FN6OS. The standard InChI is InChI=1S/C22H15FN6OS/c23-12-15-10-14(3-5-17(15)21(24)30)19-7-8-20-26-27-22(29(20)28-19)31-16-4-6-18-13(11-16)2-1-9-25-18/h1-11H,12H2,(H2,24,30). The zero-order chi connectivity index (χ0) is 21.4. The highest BCUT2D eigenvalue weighted by atomic mass is 32.2. The highest BCUT2D eigenvalue weighted by molar-refractivity contribution is 7.99. The van der Waals surface area contributed by atoms with Gasteiger partial charge >= 0.3 is 0 Å². The summed E-state index contributed by atoms with van der Waals surface area (Å²) in [5.74, 6) is -0.661. The lowest BCUT2D eigenvalue weighted by Crippen LogP contribution is -2.13. The number of halogens is 1. The third-order valence-electron chi connectivity index (χ3n) is 4.83. The lowest BCUT2D eigenvalue weighted by atomic mass is 10.0. The summed E-state index contributed by atoms with van der Waals surface area (Å²) in [7, 11) is 0. The Hall–Kier alpha value is -3.85. The number of alkyl halides is 1.